The summed E-state index contributed by atoms with van der Waals surface area (Å²) in [6, 6.07) is 16.9. The van der Waals surface area contributed by atoms with Gasteiger partial charge in [-0.15, -0.1) is 22.7 Å². The van der Waals surface area contributed by atoms with Crippen molar-refractivity contribution in [2.75, 3.05) is 0 Å². The van der Waals surface area contributed by atoms with E-state index in [1.54, 1.807) is 22.7 Å². The predicted octanol–water partition coefficient (Wildman–Crippen LogP) is 9.47. The largest absolute Gasteiger partial charge is 0.192 e. The highest BCUT2D eigenvalue weighted by Gasteiger charge is 2.16. The van der Waals surface area contributed by atoms with Gasteiger partial charge in [0.25, 0.3) is 0 Å². The number of rotatable bonds is 14. The van der Waals surface area contributed by atoms with Crippen molar-refractivity contribution in [2.24, 2.45) is 0 Å². The van der Waals surface area contributed by atoms with E-state index in [1.807, 2.05) is 12.1 Å². The van der Waals surface area contributed by atoms with E-state index in [1.165, 1.54) is 74.0 Å². The first-order valence-corrected chi connectivity index (χ1v) is 17.0. The number of fused-ring (bicyclic) bond motifs is 5. The SMILES string of the molecule is CCCCCCCCc1cc2c(s1)c(=C(C#N)C#N)cc1c3cc(CCCCCCCC)sc3c(=C(C#N)C#N)cc21. The van der Waals surface area contributed by atoms with Crippen molar-refractivity contribution in [2.45, 2.75) is 104 Å². The number of nitriles is 4. The highest BCUT2D eigenvalue weighted by molar-refractivity contribution is 7.19. The van der Waals surface area contributed by atoms with Gasteiger partial charge in [-0.1, -0.05) is 78.1 Å². The molecule has 0 saturated heterocycles. The fourth-order valence-corrected chi connectivity index (χ4v) is 8.24. The predicted molar refractivity (Wildman–Crippen MR) is 177 cm³/mol. The maximum Gasteiger partial charge on any atom is 0.138 e. The molecule has 0 aliphatic rings. The first-order chi connectivity index (χ1) is 20.6. The number of hydrogen-bond acceptors (Lipinski definition) is 6. The highest BCUT2D eigenvalue weighted by Crippen LogP contribution is 2.36. The van der Waals surface area contributed by atoms with Crippen LogP contribution in [0.2, 0.25) is 0 Å². The molecule has 214 valence electrons. The Labute approximate surface area is 257 Å². The van der Waals surface area contributed by atoms with Crippen LogP contribution < -0.4 is 10.4 Å². The second-order valence-electron chi connectivity index (χ2n) is 11.1. The van der Waals surface area contributed by atoms with Crippen LogP contribution in [0.15, 0.2) is 24.3 Å². The van der Waals surface area contributed by atoms with Gasteiger partial charge in [0.05, 0.1) is 0 Å². The van der Waals surface area contributed by atoms with Crippen molar-refractivity contribution in [3.8, 4) is 24.3 Å². The molecule has 0 N–H and O–H groups in total. The van der Waals surface area contributed by atoms with E-state index in [2.05, 4.69) is 50.3 Å². The molecular formula is C36H38N4S2. The average molecular weight is 591 g/mol. The summed E-state index contributed by atoms with van der Waals surface area (Å²) in [4.78, 5) is 2.48. The summed E-state index contributed by atoms with van der Waals surface area (Å²) < 4.78 is 1.87. The molecule has 0 bridgehead atoms. The van der Waals surface area contributed by atoms with Gasteiger partial charge in [0.1, 0.15) is 35.4 Å². The molecule has 0 saturated carbocycles. The molecule has 4 rings (SSSR count). The van der Waals surface area contributed by atoms with Crippen LogP contribution in [-0.4, -0.2) is 0 Å². The maximum absolute atomic E-state index is 9.86. The Bertz CT molecular complexity index is 1690. The van der Waals surface area contributed by atoms with Crippen molar-refractivity contribution in [3.63, 3.8) is 0 Å². The van der Waals surface area contributed by atoms with Gasteiger partial charge in [-0.25, -0.2) is 0 Å². The highest BCUT2D eigenvalue weighted by atomic mass is 32.1. The molecule has 4 nitrogen and oxygen atoms in total. The topological polar surface area (TPSA) is 95.2 Å². The van der Waals surface area contributed by atoms with Crippen molar-refractivity contribution < 1.29 is 0 Å². The number of hydrogen-bond donors (Lipinski definition) is 0. The Morgan fingerprint density at radius 1 is 0.500 bits per heavy atom. The summed E-state index contributed by atoms with van der Waals surface area (Å²) in [6.07, 6.45) is 16.6. The van der Waals surface area contributed by atoms with E-state index in [9.17, 15) is 21.0 Å². The third-order valence-corrected chi connectivity index (χ3v) is 10.5. The van der Waals surface area contributed by atoms with Gasteiger partial charge in [0, 0.05) is 40.4 Å². The lowest BCUT2D eigenvalue weighted by Gasteiger charge is -2.05. The normalized spacial score (nSPS) is 10.9. The third-order valence-electron chi connectivity index (χ3n) is 8.04. The lowest BCUT2D eigenvalue weighted by atomic mass is 9.98. The molecule has 0 fully saturated rings. The minimum absolute atomic E-state index is 0.121. The fraction of sp³-hybridized carbons (Fsp3) is 0.444. The molecule has 0 amide bonds. The van der Waals surface area contributed by atoms with Gasteiger partial charge in [-0.2, -0.15) is 21.0 Å². The van der Waals surface area contributed by atoms with Crippen LogP contribution in [0.1, 0.15) is 101 Å². The second kappa shape index (κ2) is 15.5. The van der Waals surface area contributed by atoms with Crippen LogP contribution in [0.5, 0.6) is 0 Å². The maximum atomic E-state index is 9.86. The lowest BCUT2D eigenvalue weighted by molar-refractivity contribution is 0.609. The van der Waals surface area contributed by atoms with Crippen molar-refractivity contribution in [3.05, 3.63) is 44.5 Å². The monoisotopic (exact) mass is 590 g/mol. The number of nitrogens with zero attached hydrogens (tertiary/aromatic N) is 4. The van der Waals surface area contributed by atoms with Gasteiger partial charge in [-0.05, 0) is 60.7 Å². The van der Waals surface area contributed by atoms with Gasteiger partial charge in [0.2, 0.25) is 0 Å². The standard InChI is InChI=1S/C36H38N4S2/c1-3-5-7-9-11-13-15-27-17-33-31-20-30(26(23-39)24-40)36-34(18-28(42-36)16-14-12-10-8-6-4-2)32(31)19-29(35(33)41-27)25(21-37)22-38/h17-20H,3-16H2,1-2H3. The van der Waals surface area contributed by atoms with Crippen molar-refractivity contribution >= 4 is 64.8 Å². The van der Waals surface area contributed by atoms with Crippen LogP contribution in [0, 0.1) is 45.3 Å². The van der Waals surface area contributed by atoms with Gasteiger partial charge < -0.3 is 0 Å². The molecule has 4 aromatic rings. The smallest absolute Gasteiger partial charge is 0.138 e. The van der Waals surface area contributed by atoms with Crippen LogP contribution in [-0.2, 0) is 12.8 Å². The number of aryl methyl sites for hydroxylation is 2. The Balaban J connectivity index is 1.88. The molecule has 0 unspecified atom stereocenters. The summed E-state index contributed by atoms with van der Waals surface area (Å²) in [5, 5.41) is 44.7. The van der Waals surface area contributed by atoms with Gasteiger partial charge in [-0.3, -0.25) is 0 Å². The summed E-state index contributed by atoms with van der Waals surface area (Å²) >= 11 is 3.33. The minimum Gasteiger partial charge on any atom is -0.192 e. The quantitative estimate of drug-likeness (QED) is 0.137. The van der Waals surface area contributed by atoms with E-state index >= 15 is 0 Å². The average Bonchev–Trinajstić information content (AvgIpc) is 3.63. The molecule has 0 radical (unpaired) electrons. The zero-order valence-electron chi connectivity index (χ0n) is 24.8. The van der Waals surface area contributed by atoms with Crippen LogP contribution in [0.3, 0.4) is 0 Å². The fourth-order valence-electron chi connectivity index (χ4n) is 5.77. The van der Waals surface area contributed by atoms with E-state index in [0.29, 0.717) is 10.4 Å². The molecule has 0 atom stereocenters. The molecule has 0 spiro atoms. The Kier molecular flexibility index (Phi) is 11.6. The van der Waals surface area contributed by atoms with Crippen LogP contribution in [0.4, 0.5) is 0 Å². The van der Waals surface area contributed by atoms with Crippen LogP contribution in [0.25, 0.3) is 42.1 Å². The Hall–Kier alpha value is -3.68. The van der Waals surface area contributed by atoms with E-state index in [-0.39, 0.29) is 11.1 Å². The van der Waals surface area contributed by atoms with E-state index in [4.69, 9.17) is 0 Å². The number of unbranched alkanes of at least 4 members (excludes halogenated alkanes) is 10. The molecule has 2 aromatic carbocycles. The van der Waals surface area contributed by atoms with Crippen LogP contribution >= 0.6 is 22.7 Å². The molecule has 6 heteroatoms. The third kappa shape index (κ3) is 7.02. The lowest BCUT2D eigenvalue weighted by Crippen LogP contribution is -2.08. The van der Waals surface area contributed by atoms with Gasteiger partial charge >= 0.3 is 0 Å². The Morgan fingerprint density at radius 2 is 0.857 bits per heavy atom. The van der Waals surface area contributed by atoms with Crippen molar-refractivity contribution in [1.29, 1.82) is 21.0 Å². The van der Waals surface area contributed by atoms with Crippen molar-refractivity contribution in [1.82, 2.24) is 0 Å². The molecule has 2 heterocycles. The number of benzene rings is 2. The minimum atomic E-state index is 0.121. The van der Waals surface area contributed by atoms with E-state index in [0.717, 1.165) is 56.6 Å². The zero-order valence-corrected chi connectivity index (χ0v) is 26.4. The van der Waals surface area contributed by atoms with Gasteiger partial charge in [0.15, 0.2) is 0 Å². The molecular weight excluding hydrogens is 553 g/mol. The summed E-state index contributed by atoms with van der Waals surface area (Å²) in [5.41, 5.74) is 0.242. The molecule has 0 aliphatic carbocycles. The molecule has 42 heavy (non-hydrogen) atoms. The zero-order chi connectivity index (χ0) is 29.9. The second-order valence-corrected chi connectivity index (χ2v) is 13.4. The first-order valence-electron chi connectivity index (χ1n) is 15.4. The first kappa shape index (κ1) is 31.3. The molecule has 2 aromatic heterocycles. The summed E-state index contributed by atoms with van der Waals surface area (Å²) in [5.74, 6) is 0. The summed E-state index contributed by atoms with van der Waals surface area (Å²) in [6.45, 7) is 4.46. The molecule has 0 aliphatic heterocycles. The summed E-state index contributed by atoms with van der Waals surface area (Å²) in [7, 11) is 0. The number of thiophene rings is 2. The van der Waals surface area contributed by atoms with E-state index < -0.39 is 0 Å². The Morgan fingerprint density at radius 3 is 1.21 bits per heavy atom.